The van der Waals surface area contributed by atoms with Crippen molar-refractivity contribution in [2.75, 3.05) is 6.61 Å². The first-order valence-electron chi connectivity index (χ1n) is 10.9. The summed E-state index contributed by atoms with van der Waals surface area (Å²) in [6.07, 6.45) is 12.5. The molecule has 4 heteroatoms. The van der Waals surface area contributed by atoms with Crippen LogP contribution in [0.1, 0.15) is 111 Å². The molecule has 0 aromatic rings. The molecule has 0 saturated heterocycles. The molecule has 26 heavy (non-hydrogen) atoms. The molecule has 0 spiro atoms. The molecule has 0 fully saturated rings. The SMILES string of the molecule is CCCCCCCCCOC(=O)CCCC(=O)OC(CC)C(C)CCC. The summed E-state index contributed by atoms with van der Waals surface area (Å²) in [5, 5.41) is 0. The van der Waals surface area contributed by atoms with E-state index in [0.29, 0.717) is 31.8 Å². The van der Waals surface area contributed by atoms with E-state index in [4.69, 9.17) is 9.47 Å². The Hall–Kier alpha value is -1.06. The topological polar surface area (TPSA) is 52.6 Å². The zero-order valence-electron chi connectivity index (χ0n) is 17.7. The van der Waals surface area contributed by atoms with E-state index in [1.54, 1.807) is 0 Å². The van der Waals surface area contributed by atoms with Gasteiger partial charge in [0.2, 0.25) is 0 Å². The average molecular weight is 371 g/mol. The van der Waals surface area contributed by atoms with Gasteiger partial charge < -0.3 is 9.47 Å². The van der Waals surface area contributed by atoms with Crippen LogP contribution in [-0.2, 0) is 19.1 Å². The van der Waals surface area contributed by atoms with Crippen molar-refractivity contribution in [3.63, 3.8) is 0 Å². The van der Waals surface area contributed by atoms with Gasteiger partial charge in [0, 0.05) is 12.8 Å². The minimum atomic E-state index is -0.199. The molecule has 0 saturated carbocycles. The number of unbranched alkanes of at least 4 members (excludes halogenated alkanes) is 6. The van der Waals surface area contributed by atoms with E-state index in [-0.39, 0.29) is 18.0 Å². The molecule has 2 atom stereocenters. The van der Waals surface area contributed by atoms with Crippen molar-refractivity contribution in [3.8, 4) is 0 Å². The Morgan fingerprint density at radius 2 is 1.38 bits per heavy atom. The monoisotopic (exact) mass is 370 g/mol. The molecule has 0 aliphatic heterocycles. The highest BCUT2D eigenvalue weighted by Gasteiger charge is 2.19. The highest BCUT2D eigenvalue weighted by molar-refractivity contribution is 5.72. The van der Waals surface area contributed by atoms with Gasteiger partial charge in [-0.05, 0) is 31.6 Å². The fourth-order valence-corrected chi connectivity index (χ4v) is 3.17. The van der Waals surface area contributed by atoms with Crippen molar-refractivity contribution in [3.05, 3.63) is 0 Å². The largest absolute Gasteiger partial charge is 0.466 e. The quantitative estimate of drug-likeness (QED) is 0.226. The lowest BCUT2D eigenvalue weighted by atomic mass is 9.97. The van der Waals surface area contributed by atoms with Crippen LogP contribution >= 0.6 is 0 Å². The normalized spacial score (nSPS) is 13.2. The maximum Gasteiger partial charge on any atom is 0.306 e. The number of carbonyl (C=O) groups excluding carboxylic acids is 2. The molecule has 0 aliphatic carbocycles. The Morgan fingerprint density at radius 1 is 0.769 bits per heavy atom. The van der Waals surface area contributed by atoms with E-state index < -0.39 is 0 Å². The number of rotatable bonds is 17. The Kier molecular flexibility index (Phi) is 16.7. The van der Waals surface area contributed by atoms with Gasteiger partial charge >= 0.3 is 11.9 Å². The van der Waals surface area contributed by atoms with Gasteiger partial charge in [0.05, 0.1) is 6.61 Å². The molecule has 0 N–H and O–H groups in total. The molecular weight excluding hydrogens is 328 g/mol. The van der Waals surface area contributed by atoms with Gasteiger partial charge in [-0.2, -0.15) is 0 Å². The number of ether oxygens (including phenoxy) is 2. The lowest BCUT2D eigenvalue weighted by Crippen LogP contribution is -2.24. The van der Waals surface area contributed by atoms with Gasteiger partial charge in [-0.25, -0.2) is 0 Å². The summed E-state index contributed by atoms with van der Waals surface area (Å²) in [4.78, 5) is 23.6. The second-order valence-electron chi connectivity index (χ2n) is 7.40. The minimum absolute atomic E-state index is 0.00766. The van der Waals surface area contributed by atoms with Crippen LogP contribution in [0.15, 0.2) is 0 Å². The first-order chi connectivity index (χ1) is 12.5. The van der Waals surface area contributed by atoms with Gasteiger partial charge in [-0.1, -0.05) is 72.6 Å². The second kappa shape index (κ2) is 17.4. The van der Waals surface area contributed by atoms with Gasteiger partial charge in [-0.3, -0.25) is 9.59 Å². The molecule has 0 bridgehead atoms. The molecule has 154 valence electrons. The van der Waals surface area contributed by atoms with Gasteiger partial charge in [0.15, 0.2) is 0 Å². The van der Waals surface area contributed by atoms with Crippen LogP contribution in [0.5, 0.6) is 0 Å². The van der Waals surface area contributed by atoms with Crippen LogP contribution in [0.4, 0.5) is 0 Å². The Bertz CT molecular complexity index is 354. The first kappa shape index (κ1) is 24.9. The lowest BCUT2D eigenvalue weighted by Gasteiger charge is -2.22. The lowest BCUT2D eigenvalue weighted by molar-refractivity contribution is -0.152. The number of esters is 2. The summed E-state index contributed by atoms with van der Waals surface area (Å²) in [6, 6.07) is 0. The van der Waals surface area contributed by atoms with E-state index in [1.165, 1.54) is 32.1 Å². The molecule has 0 heterocycles. The van der Waals surface area contributed by atoms with E-state index in [9.17, 15) is 9.59 Å². The maximum atomic E-state index is 11.9. The number of carbonyl (C=O) groups is 2. The van der Waals surface area contributed by atoms with Crippen LogP contribution < -0.4 is 0 Å². The fourth-order valence-electron chi connectivity index (χ4n) is 3.17. The molecule has 0 amide bonds. The summed E-state index contributed by atoms with van der Waals surface area (Å²) >= 11 is 0. The molecule has 0 aliphatic rings. The first-order valence-corrected chi connectivity index (χ1v) is 10.9. The molecule has 0 aromatic heterocycles. The molecule has 0 radical (unpaired) electrons. The maximum absolute atomic E-state index is 11.9. The van der Waals surface area contributed by atoms with Gasteiger partial charge in [-0.15, -0.1) is 0 Å². The zero-order valence-corrected chi connectivity index (χ0v) is 17.7. The highest BCUT2D eigenvalue weighted by atomic mass is 16.5. The summed E-state index contributed by atoms with van der Waals surface area (Å²) < 4.78 is 10.8. The van der Waals surface area contributed by atoms with Crippen molar-refractivity contribution in [2.24, 2.45) is 5.92 Å². The smallest absolute Gasteiger partial charge is 0.306 e. The third kappa shape index (κ3) is 14.1. The summed E-state index contributed by atoms with van der Waals surface area (Å²) in [7, 11) is 0. The fraction of sp³-hybridized carbons (Fsp3) is 0.909. The summed E-state index contributed by atoms with van der Waals surface area (Å²) in [6.45, 7) is 9.04. The third-order valence-corrected chi connectivity index (χ3v) is 4.84. The van der Waals surface area contributed by atoms with Gasteiger partial charge in [0.1, 0.15) is 6.10 Å². The Morgan fingerprint density at radius 3 is 2.00 bits per heavy atom. The Labute approximate surface area is 161 Å². The predicted octanol–water partition coefficient (Wildman–Crippen LogP) is 6.21. The van der Waals surface area contributed by atoms with Crippen molar-refractivity contribution < 1.29 is 19.1 Å². The zero-order chi connectivity index (χ0) is 19.6. The van der Waals surface area contributed by atoms with Gasteiger partial charge in [0.25, 0.3) is 0 Å². The average Bonchev–Trinajstić information content (AvgIpc) is 2.62. The Balaban J connectivity index is 3.66. The van der Waals surface area contributed by atoms with Crippen molar-refractivity contribution in [1.82, 2.24) is 0 Å². The second-order valence-corrected chi connectivity index (χ2v) is 7.40. The molecule has 0 rings (SSSR count). The molecular formula is C22H42O4. The number of hydrogen-bond acceptors (Lipinski definition) is 4. The third-order valence-electron chi connectivity index (χ3n) is 4.84. The van der Waals surface area contributed by atoms with Crippen LogP contribution in [0.3, 0.4) is 0 Å². The van der Waals surface area contributed by atoms with Crippen LogP contribution in [0, 0.1) is 5.92 Å². The van der Waals surface area contributed by atoms with E-state index in [2.05, 4.69) is 20.8 Å². The molecule has 4 nitrogen and oxygen atoms in total. The van der Waals surface area contributed by atoms with E-state index >= 15 is 0 Å². The van der Waals surface area contributed by atoms with Crippen LogP contribution in [0.2, 0.25) is 0 Å². The highest BCUT2D eigenvalue weighted by Crippen LogP contribution is 2.18. The molecule has 0 aromatic carbocycles. The summed E-state index contributed by atoms with van der Waals surface area (Å²) in [5.74, 6) is -0.00394. The van der Waals surface area contributed by atoms with E-state index in [1.807, 2.05) is 6.92 Å². The van der Waals surface area contributed by atoms with Crippen molar-refractivity contribution in [2.45, 2.75) is 117 Å². The summed E-state index contributed by atoms with van der Waals surface area (Å²) in [5.41, 5.74) is 0. The predicted molar refractivity (Wildman–Crippen MR) is 107 cm³/mol. The number of hydrogen-bond donors (Lipinski definition) is 0. The molecule has 2 unspecified atom stereocenters. The standard InChI is InChI=1S/C22H42O4/c1-5-8-9-10-11-12-13-18-25-21(23)16-14-17-22(24)26-20(7-3)19(4)15-6-2/h19-20H,5-18H2,1-4H3. The van der Waals surface area contributed by atoms with E-state index in [0.717, 1.165) is 32.1 Å². The van der Waals surface area contributed by atoms with Crippen molar-refractivity contribution in [1.29, 1.82) is 0 Å². The van der Waals surface area contributed by atoms with Crippen LogP contribution in [0.25, 0.3) is 0 Å². The minimum Gasteiger partial charge on any atom is -0.466 e. The van der Waals surface area contributed by atoms with Crippen LogP contribution in [-0.4, -0.2) is 24.6 Å². The van der Waals surface area contributed by atoms with Crippen molar-refractivity contribution >= 4 is 11.9 Å².